The molecule has 1 atom stereocenters. The van der Waals surface area contributed by atoms with Crippen LogP contribution in [0.3, 0.4) is 0 Å². The van der Waals surface area contributed by atoms with E-state index in [4.69, 9.17) is 0 Å². The number of nitrogens with zero attached hydrogens (tertiary/aromatic N) is 1. The number of para-hydroxylation sites is 1. The topological polar surface area (TPSA) is 44.4 Å². The third-order valence-corrected chi connectivity index (χ3v) is 4.09. The van der Waals surface area contributed by atoms with E-state index in [1.54, 1.807) is 0 Å². The highest BCUT2D eigenvalue weighted by atomic mass is 16.2. The lowest BCUT2D eigenvalue weighted by Crippen LogP contribution is -2.32. The number of amides is 1. The number of rotatable bonds is 6. The van der Waals surface area contributed by atoms with Crippen molar-refractivity contribution in [3.05, 3.63) is 29.8 Å². The molecule has 1 heterocycles. The minimum absolute atomic E-state index is 0.0909. The van der Waals surface area contributed by atoms with Gasteiger partial charge >= 0.3 is 0 Å². The molecule has 1 saturated heterocycles. The Morgan fingerprint density at radius 2 is 2.14 bits per heavy atom. The molecule has 1 aromatic rings. The van der Waals surface area contributed by atoms with Gasteiger partial charge in [-0.15, -0.1) is 0 Å². The molecule has 1 aliphatic rings. The van der Waals surface area contributed by atoms with Crippen molar-refractivity contribution in [1.82, 2.24) is 10.2 Å². The first-order valence-corrected chi connectivity index (χ1v) is 7.86. The molecule has 1 fully saturated rings. The highest BCUT2D eigenvalue weighted by Gasteiger charge is 2.23. The molecule has 0 radical (unpaired) electrons. The van der Waals surface area contributed by atoms with Gasteiger partial charge in [-0.05, 0) is 50.0 Å². The lowest BCUT2D eigenvalue weighted by Gasteiger charge is -2.17. The Morgan fingerprint density at radius 3 is 2.86 bits per heavy atom. The molecule has 1 aliphatic heterocycles. The maximum Gasteiger partial charge on any atom is 0.238 e. The summed E-state index contributed by atoms with van der Waals surface area (Å²) >= 11 is 0. The molecule has 2 N–H and O–H groups in total. The predicted octanol–water partition coefficient (Wildman–Crippen LogP) is 2.29. The van der Waals surface area contributed by atoms with E-state index >= 15 is 0 Å². The van der Waals surface area contributed by atoms with E-state index in [1.165, 1.54) is 12.0 Å². The summed E-state index contributed by atoms with van der Waals surface area (Å²) in [6, 6.07) is 8.06. The van der Waals surface area contributed by atoms with Gasteiger partial charge < -0.3 is 10.6 Å². The van der Waals surface area contributed by atoms with Crippen molar-refractivity contribution in [3.63, 3.8) is 0 Å². The number of carbonyl (C=O) groups is 1. The van der Waals surface area contributed by atoms with Crippen molar-refractivity contribution in [2.24, 2.45) is 5.92 Å². The molecule has 0 spiro atoms. The highest BCUT2D eigenvalue weighted by Crippen LogP contribution is 2.23. The maximum absolute atomic E-state index is 12.2. The number of nitrogens with one attached hydrogen (secondary N) is 2. The summed E-state index contributed by atoms with van der Waals surface area (Å²) in [5, 5.41) is 6.29. The SMILES string of the molecule is CNCC1CCN(CC(=O)Nc2ccccc2C(C)C)C1. The smallest absolute Gasteiger partial charge is 0.238 e. The zero-order valence-electron chi connectivity index (χ0n) is 13.4. The van der Waals surface area contributed by atoms with Gasteiger partial charge in [-0.2, -0.15) is 0 Å². The molecular weight excluding hydrogens is 262 g/mol. The number of carbonyl (C=O) groups excluding carboxylic acids is 1. The van der Waals surface area contributed by atoms with Crippen LogP contribution in [-0.2, 0) is 4.79 Å². The van der Waals surface area contributed by atoms with Crippen LogP contribution in [-0.4, -0.2) is 44.0 Å². The Bertz CT molecular complexity index is 473. The van der Waals surface area contributed by atoms with Crippen molar-refractivity contribution in [2.45, 2.75) is 26.2 Å². The van der Waals surface area contributed by atoms with Gasteiger partial charge in [-0.3, -0.25) is 9.69 Å². The second-order valence-electron chi connectivity index (χ2n) is 6.24. The molecule has 1 amide bonds. The number of hydrogen-bond donors (Lipinski definition) is 2. The largest absolute Gasteiger partial charge is 0.325 e. The lowest BCUT2D eigenvalue weighted by molar-refractivity contribution is -0.117. The summed E-state index contributed by atoms with van der Waals surface area (Å²) in [6.07, 6.45) is 1.18. The van der Waals surface area contributed by atoms with Gasteiger partial charge in [0.2, 0.25) is 5.91 Å². The first-order valence-electron chi connectivity index (χ1n) is 7.86. The van der Waals surface area contributed by atoms with Crippen LogP contribution in [0.4, 0.5) is 5.69 Å². The predicted molar refractivity (Wildman–Crippen MR) is 87.6 cm³/mol. The van der Waals surface area contributed by atoms with Crippen molar-refractivity contribution in [1.29, 1.82) is 0 Å². The van der Waals surface area contributed by atoms with Crippen LogP contribution in [0.25, 0.3) is 0 Å². The Labute approximate surface area is 127 Å². The zero-order chi connectivity index (χ0) is 15.2. The first-order chi connectivity index (χ1) is 10.1. The van der Waals surface area contributed by atoms with Crippen molar-refractivity contribution in [3.8, 4) is 0 Å². The van der Waals surface area contributed by atoms with Crippen molar-refractivity contribution in [2.75, 3.05) is 38.5 Å². The monoisotopic (exact) mass is 289 g/mol. The third-order valence-electron chi connectivity index (χ3n) is 4.09. The second kappa shape index (κ2) is 7.57. The van der Waals surface area contributed by atoms with E-state index in [9.17, 15) is 4.79 Å². The van der Waals surface area contributed by atoms with E-state index in [0.717, 1.165) is 25.3 Å². The maximum atomic E-state index is 12.2. The summed E-state index contributed by atoms with van der Waals surface area (Å²) < 4.78 is 0. The van der Waals surface area contributed by atoms with Crippen LogP contribution in [0.2, 0.25) is 0 Å². The average Bonchev–Trinajstić information content (AvgIpc) is 2.86. The number of hydrogen-bond acceptors (Lipinski definition) is 3. The molecule has 0 aliphatic carbocycles. The fourth-order valence-corrected chi connectivity index (χ4v) is 3.02. The van der Waals surface area contributed by atoms with E-state index in [1.807, 2.05) is 25.2 Å². The molecule has 1 aromatic carbocycles. The Hall–Kier alpha value is -1.39. The van der Waals surface area contributed by atoms with Crippen LogP contribution in [0, 0.1) is 5.92 Å². The molecular formula is C17H27N3O. The lowest BCUT2D eigenvalue weighted by atomic mass is 10.0. The average molecular weight is 289 g/mol. The van der Waals surface area contributed by atoms with Gasteiger partial charge in [0, 0.05) is 12.2 Å². The van der Waals surface area contributed by atoms with Gasteiger partial charge in [0.05, 0.1) is 6.54 Å². The van der Waals surface area contributed by atoms with Gasteiger partial charge in [0.25, 0.3) is 0 Å². The number of anilines is 1. The quantitative estimate of drug-likeness (QED) is 0.844. The zero-order valence-corrected chi connectivity index (χ0v) is 13.4. The standard InChI is InChI=1S/C17H27N3O/c1-13(2)15-6-4-5-7-16(15)19-17(21)12-20-9-8-14(11-20)10-18-3/h4-7,13-14,18H,8-12H2,1-3H3,(H,19,21). The molecule has 21 heavy (non-hydrogen) atoms. The summed E-state index contributed by atoms with van der Waals surface area (Å²) in [5.41, 5.74) is 2.14. The van der Waals surface area contributed by atoms with Crippen molar-refractivity contribution < 1.29 is 4.79 Å². The van der Waals surface area contributed by atoms with Gasteiger partial charge in [0.15, 0.2) is 0 Å². The summed E-state index contributed by atoms with van der Waals surface area (Å²) in [6.45, 7) is 7.86. The minimum atomic E-state index is 0.0909. The van der Waals surface area contributed by atoms with Crippen LogP contribution in [0.5, 0.6) is 0 Å². The molecule has 2 rings (SSSR count). The number of benzene rings is 1. The van der Waals surface area contributed by atoms with E-state index < -0.39 is 0 Å². The van der Waals surface area contributed by atoms with Crippen LogP contribution < -0.4 is 10.6 Å². The highest BCUT2D eigenvalue weighted by molar-refractivity contribution is 5.93. The minimum Gasteiger partial charge on any atom is -0.325 e. The van der Waals surface area contributed by atoms with E-state index in [2.05, 4.69) is 35.4 Å². The third kappa shape index (κ3) is 4.55. The first kappa shape index (κ1) is 16.0. The van der Waals surface area contributed by atoms with Crippen LogP contribution >= 0.6 is 0 Å². The summed E-state index contributed by atoms with van der Waals surface area (Å²) in [4.78, 5) is 14.5. The fourth-order valence-electron chi connectivity index (χ4n) is 3.02. The van der Waals surface area contributed by atoms with E-state index in [0.29, 0.717) is 18.4 Å². The normalized spacial score (nSPS) is 19.1. The molecule has 1 unspecified atom stereocenters. The van der Waals surface area contributed by atoms with Gasteiger partial charge in [0.1, 0.15) is 0 Å². The van der Waals surface area contributed by atoms with Crippen molar-refractivity contribution >= 4 is 11.6 Å². The fraction of sp³-hybridized carbons (Fsp3) is 0.588. The molecule has 0 aromatic heterocycles. The summed E-state index contributed by atoms with van der Waals surface area (Å²) in [7, 11) is 1.98. The molecule has 4 nitrogen and oxygen atoms in total. The Kier molecular flexibility index (Phi) is 5.76. The molecule has 116 valence electrons. The number of likely N-dealkylation sites (tertiary alicyclic amines) is 1. The van der Waals surface area contributed by atoms with Crippen LogP contribution in [0.15, 0.2) is 24.3 Å². The Balaban J connectivity index is 1.88. The molecule has 4 heteroatoms. The Morgan fingerprint density at radius 1 is 1.38 bits per heavy atom. The van der Waals surface area contributed by atoms with E-state index in [-0.39, 0.29) is 5.91 Å². The summed E-state index contributed by atoms with van der Waals surface area (Å²) in [5.74, 6) is 1.17. The van der Waals surface area contributed by atoms with Crippen LogP contribution in [0.1, 0.15) is 31.7 Å². The molecule has 0 saturated carbocycles. The van der Waals surface area contributed by atoms with Gasteiger partial charge in [-0.1, -0.05) is 32.0 Å². The van der Waals surface area contributed by atoms with Gasteiger partial charge in [-0.25, -0.2) is 0 Å². The molecule has 0 bridgehead atoms. The second-order valence-corrected chi connectivity index (χ2v) is 6.24.